The van der Waals surface area contributed by atoms with Crippen LogP contribution >= 0.6 is 0 Å². The Labute approximate surface area is 147 Å². The van der Waals surface area contributed by atoms with E-state index < -0.39 is 0 Å². The van der Waals surface area contributed by atoms with Crippen molar-refractivity contribution in [2.45, 2.75) is 45.6 Å². The van der Waals surface area contributed by atoms with Crippen LogP contribution in [0.1, 0.15) is 48.5 Å². The highest BCUT2D eigenvalue weighted by Crippen LogP contribution is 2.19. The fourth-order valence-corrected chi connectivity index (χ4v) is 2.51. The Balaban J connectivity index is 1.54. The molecule has 1 aromatic carbocycles. The van der Waals surface area contributed by atoms with Crippen LogP contribution in [0.25, 0.3) is 0 Å². The average Bonchev–Trinajstić information content (AvgIpc) is 3.24. The fourth-order valence-electron chi connectivity index (χ4n) is 2.51. The molecular weight excluding hydrogens is 318 g/mol. The summed E-state index contributed by atoms with van der Waals surface area (Å²) in [6, 6.07) is 9.30. The molecule has 0 atom stereocenters. The molecule has 1 fully saturated rings. The lowest BCUT2D eigenvalue weighted by Gasteiger charge is -2.06. The maximum atomic E-state index is 12.2. The minimum Gasteiger partial charge on any atom is -0.361 e. The van der Waals surface area contributed by atoms with Gasteiger partial charge in [0.25, 0.3) is 5.91 Å². The molecule has 2 amide bonds. The van der Waals surface area contributed by atoms with Gasteiger partial charge in [-0.2, -0.15) is 0 Å². The zero-order valence-corrected chi connectivity index (χ0v) is 14.5. The van der Waals surface area contributed by atoms with Crippen LogP contribution in [-0.2, 0) is 17.6 Å². The number of nitrogens with one attached hydrogen (secondary N) is 2. The second kappa shape index (κ2) is 7.51. The zero-order valence-electron chi connectivity index (χ0n) is 14.5. The number of carbonyl (C=O) groups is 2. The molecule has 0 saturated heterocycles. The fraction of sp³-hybridized carbons (Fsp3) is 0.421. The Morgan fingerprint density at radius 2 is 1.96 bits per heavy atom. The summed E-state index contributed by atoms with van der Waals surface area (Å²) in [5, 5.41) is 9.56. The van der Waals surface area contributed by atoms with Crippen molar-refractivity contribution in [3.63, 3.8) is 0 Å². The summed E-state index contributed by atoms with van der Waals surface area (Å²) in [5.74, 6) is 0.878. The van der Waals surface area contributed by atoms with Crippen LogP contribution in [0.3, 0.4) is 0 Å². The van der Waals surface area contributed by atoms with Crippen molar-refractivity contribution >= 4 is 17.5 Å². The first-order chi connectivity index (χ1) is 12.0. The number of hydrogen-bond acceptors (Lipinski definition) is 4. The van der Waals surface area contributed by atoms with Crippen molar-refractivity contribution in [3.8, 4) is 0 Å². The maximum absolute atomic E-state index is 12.2. The van der Waals surface area contributed by atoms with Crippen molar-refractivity contribution in [2.24, 2.45) is 5.92 Å². The minimum absolute atomic E-state index is 0.0413. The summed E-state index contributed by atoms with van der Waals surface area (Å²) < 4.78 is 5.18. The quantitative estimate of drug-likeness (QED) is 0.811. The molecular formula is C19H23N3O3. The van der Waals surface area contributed by atoms with Gasteiger partial charge in [0.2, 0.25) is 5.91 Å². The van der Waals surface area contributed by atoms with E-state index in [4.69, 9.17) is 4.52 Å². The van der Waals surface area contributed by atoms with Crippen LogP contribution in [-0.4, -0.2) is 23.0 Å². The number of carbonyl (C=O) groups excluding carboxylic acids is 2. The standard InChI is InChI=1S/C19H23N3O3/c1-12(2)9-16-11-17(22-25-16)19(24)21-15-5-3-13(4-6-15)10-18(23)20-14-7-8-14/h3-6,11-12,14H,7-10H2,1-2H3,(H,20,23)(H,21,24). The lowest BCUT2D eigenvalue weighted by Crippen LogP contribution is -2.26. The van der Waals surface area contributed by atoms with E-state index in [-0.39, 0.29) is 17.5 Å². The van der Waals surface area contributed by atoms with Gasteiger partial charge in [-0.05, 0) is 36.5 Å². The summed E-state index contributed by atoms with van der Waals surface area (Å²) in [5.41, 5.74) is 1.84. The van der Waals surface area contributed by atoms with Crippen LogP contribution in [0, 0.1) is 5.92 Å². The molecule has 1 aliphatic rings. The Hall–Kier alpha value is -2.63. The van der Waals surface area contributed by atoms with Gasteiger partial charge in [0.15, 0.2) is 5.69 Å². The van der Waals surface area contributed by atoms with Gasteiger partial charge < -0.3 is 15.2 Å². The predicted octanol–water partition coefficient (Wildman–Crippen LogP) is 2.95. The molecule has 2 aromatic rings. The lowest BCUT2D eigenvalue weighted by atomic mass is 10.1. The van der Waals surface area contributed by atoms with E-state index in [2.05, 4.69) is 29.6 Å². The van der Waals surface area contributed by atoms with Gasteiger partial charge in [-0.15, -0.1) is 0 Å². The Morgan fingerprint density at radius 3 is 2.60 bits per heavy atom. The van der Waals surface area contributed by atoms with Gasteiger partial charge in [0.1, 0.15) is 5.76 Å². The Morgan fingerprint density at radius 1 is 1.24 bits per heavy atom. The van der Waals surface area contributed by atoms with Crippen molar-refractivity contribution in [2.75, 3.05) is 5.32 Å². The van der Waals surface area contributed by atoms with Gasteiger partial charge in [-0.1, -0.05) is 31.1 Å². The van der Waals surface area contributed by atoms with Gasteiger partial charge >= 0.3 is 0 Å². The van der Waals surface area contributed by atoms with Crippen LogP contribution in [0.4, 0.5) is 5.69 Å². The van der Waals surface area contributed by atoms with Crippen molar-refractivity contribution in [1.82, 2.24) is 10.5 Å². The predicted molar refractivity (Wildman–Crippen MR) is 94.3 cm³/mol. The third-order valence-corrected chi connectivity index (χ3v) is 3.92. The first-order valence-electron chi connectivity index (χ1n) is 8.65. The van der Waals surface area contributed by atoms with E-state index in [1.54, 1.807) is 18.2 Å². The van der Waals surface area contributed by atoms with E-state index in [0.29, 0.717) is 29.8 Å². The van der Waals surface area contributed by atoms with Crippen LogP contribution in [0.15, 0.2) is 34.9 Å². The summed E-state index contributed by atoms with van der Waals surface area (Å²) in [4.78, 5) is 24.0. The van der Waals surface area contributed by atoms with Gasteiger partial charge in [0, 0.05) is 24.2 Å². The molecule has 2 N–H and O–H groups in total. The van der Waals surface area contributed by atoms with Gasteiger partial charge in [0.05, 0.1) is 6.42 Å². The van der Waals surface area contributed by atoms with E-state index >= 15 is 0 Å². The molecule has 1 aromatic heterocycles. The van der Waals surface area contributed by atoms with Gasteiger partial charge in [-0.3, -0.25) is 9.59 Å². The Bertz CT molecular complexity index is 746. The number of hydrogen-bond donors (Lipinski definition) is 2. The molecule has 0 aliphatic heterocycles. The third-order valence-electron chi connectivity index (χ3n) is 3.92. The lowest BCUT2D eigenvalue weighted by molar-refractivity contribution is -0.120. The maximum Gasteiger partial charge on any atom is 0.277 e. The molecule has 132 valence electrons. The molecule has 25 heavy (non-hydrogen) atoms. The first-order valence-corrected chi connectivity index (χ1v) is 8.65. The normalized spacial score (nSPS) is 13.7. The highest BCUT2D eigenvalue weighted by atomic mass is 16.5. The SMILES string of the molecule is CC(C)Cc1cc(C(=O)Nc2ccc(CC(=O)NC3CC3)cc2)no1. The van der Waals surface area contributed by atoms with E-state index in [1.165, 1.54) is 0 Å². The van der Waals surface area contributed by atoms with Crippen LogP contribution < -0.4 is 10.6 Å². The van der Waals surface area contributed by atoms with E-state index in [1.807, 2.05) is 12.1 Å². The number of benzene rings is 1. The Kier molecular flexibility index (Phi) is 5.16. The topological polar surface area (TPSA) is 84.2 Å². The van der Waals surface area contributed by atoms with Gasteiger partial charge in [-0.25, -0.2) is 0 Å². The second-order valence-electron chi connectivity index (χ2n) is 6.95. The molecule has 6 heteroatoms. The highest BCUT2D eigenvalue weighted by molar-refractivity contribution is 6.02. The minimum atomic E-state index is -0.307. The van der Waals surface area contributed by atoms with E-state index in [0.717, 1.165) is 24.8 Å². The van der Waals surface area contributed by atoms with Crippen LogP contribution in [0.5, 0.6) is 0 Å². The second-order valence-corrected chi connectivity index (χ2v) is 6.95. The molecule has 0 unspecified atom stereocenters. The summed E-state index contributed by atoms with van der Waals surface area (Å²) in [7, 11) is 0. The third kappa shape index (κ3) is 5.17. The van der Waals surface area contributed by atoms with E-state index in [9.17, 15) is 9.59 Å². The average molecular weight is 341 g/mol. The molecule has 6 nitrogen and oxygen atoms in total. The molecule has 1 heterocycles. The number of aromatic nitrogens is 1. The van der Waals surface area contributed by atoms with Crippen LogP contribution in [0.2, 0.25) is 0 Å². The molecule has 1 aliphatic carbocycles. The zero-order chi connectivity index (χ0) is 17.8. The monoisotopic (exact) mass is 341 g/mol. The molecule has 3 rings (SSSR count). The number of rotatable bonds is 7. The summed E-state index contributed by atoms with van der Waals surface area (Å²) >= 11 is 0. The summed E-state index contributed by atoms with van der Waals surface area (Å²) in [6.07, 6.45) is 3.26. The summed E-state index contributed by atoms with van der Waals surface area (Å²) in [6.45, 7) is 4.16. The largest absolute Gasteiger partial charge is 0.361 e. The number of anilines is 1. The van der Waals surface area contributed by atoms with Crippen molar-refractivity contribution in [1.29, 1.82) is 0 Å². The molecule has 0 radical (unpaired) electrons. The smallest absolute Gasteiger partial charge is 0.277 e. The molecule has 0 spiro atoms. The number of nitrogens with zero attached hydrogens (tertiary/aromatic N) is 1. The molecule has 0 bridgehead atoms. The van der Waals surface area contributed by atoms with Crippen molar-refractivity contribution < 1.29 is 14.1 Å². The highest BCUT2D eigenvalue weighted by Gasteiger charge is 2.23. The molecule has 1 saturated carbocycles. The van der Waals surface area contributed by atoms with Crippen molar-refractivity contribution in [3.05, 3.63) is 47.3 Å². The first kappa shape index (κ1) is 17.2. The number of amides is 2.